The Bertz CT molecular complexity index is 670. The minimum absolute atomic E-state index is 0.599. The minimum Gasteiger partial charge on any atom is -0.497 e. The molecule has 0 saturated carbocycles. The summed E-state index contributed by atoms with van der Waals surface area (Å²) in [4.78, 5) is 10.3. The number of hydrogen-bond acceptors (Lipinski definition) is 5. The van der Waals surface area contributed by atoms with E-state index >= 15 is 0 Å². The van der Waals surface area contributed by atoms with Gasteiger partial charge in [-0.15, -0.1) is 11.3 Å². The van der Waals surface area contributed by atoms with Gasteiger partial charge in [0, 0.05) is 30.8 Å². The molecule has 0 spiro atoms. The zero-order chi connectivity index (χ0) is 18.6. The van der Waals surface area contributed by atoms with Crippen molar-refractivity contribution in [3.63, 3.8) is 0 Å². The highest BCUT2D eigenvalue weighted by atomic mass is 32.1. The van der Waals surface area contributed by atoms with E-state index in [-0.39, 0.29) is 0 Å². The molecule has 0 radical (unpaired) electrons. The van der Waals surface area contributed by atoms with Gasteiger partial charge < -0.3 is 20.1 Å². The van der Waals surface area contributed by atoms with E-state index in [1.807, 2.05) is 37.4 Å². The number of aryl methyl sites for hydroxylation is 1. The summed E-state index contributed by atoms with van der Waals surface area (Å²) in [7, 11) is 1.67. The van der Waals surface area contributed by atoms with E-state index in [9.17, 15) is 0 Å². The Morgan fingerprint density at radius 2 is 2.04 bits per heavy atom. The van der Waals surface area contributed by atoms with Gasteiger partial charge in [0.15, 0.2) is 5.96 Å². The Morgan fingerprint density at radius 1 is 1.23 bits per heavy atom. The van der Waals surface area contributed by atoms with E-state index in [0.29, 0.717) is 13.1 Å². The van der Waals surface area contributed by atoms with Crippen LogP contribution in [0.2, 0.25) is 0 Å². The molecule has 1 heterocycles. The number of benzene rings is 1. The fourth-order valence-corrected chi connectivity index (χ4v) is 2.97. The van der Waals surface area contributed by atoms with Crippen LogP contribution in [-0.4, -0.2) is 37.8 Å². The third-order valence-electron chi connectivity index (χ3n) is 3.62. The average molecular weight is 377 g/mol. The molecule has 0 amide bonds. The smallest absolute Gasteiger partial charge is 0.191 e. The molecule has 1 aromatic heterocycles. The maximum Gasteiger partial charge on any atom is 0.191 e. The molecule has 142 valence electrons. The number of methoxy groups -OCH3 is 1. The predicted octanol–water partition coefficient (Wildman–Crippen LogP) is 3.12. The topological polar surface area (TPSA) is 67.8 Å². The molecule has 1 aromatic carbocycles. The van der Waals surface area contributed by atoms with Crippen molar-refractivity contribution in [1.82, 2.24) is 15.6 Å². The Labute approximate surface area is 159 Å². The van der Waals surface area contributed by atoms with Crippen LogP contribution in [0.5, 0.6) is 5.75 Å². The molecule has 0 fully saturated rings. The molecule has 2 N–H and O–H groups in total. The van der Waals surface area contributed by atoms with Gasteiger partial charge in [0.1, 0.15) is 10.8 Å². The van der Waals surface area contributed by atoms with E-state index in [0.717, 1.165) is 48.5 Å². The van der Waals surface area contributed by atoms with Gasteiger partial charge in [0.2, 0.25) is 0 Å². The summed E-state index contributed by atoms with van der Waals surface area (Å²) in [5.74, 6) is 1.63. The highest BCUT2D eigenvalue weighted by Crippen LogP contribution is 2.12. The average Bonchev–Trinajstić information content (AvgIpc) is 3.08. The van der Waals surface area contributed by atoms with Crippen LogP contribution in [-0.2, 0) is 17.8 Å². The first-order valence-electron chi connectivity index (χ1n) is 8.85. The number of aromatic nitrogens is 1. The zero-order valence-corrected chi connectivity index (χ0v) is 16.6. The minimum atomic E-state index is 0.599. The lowest BCUT2D eigenvalue weighted by Gasteiger charge is -2.12. The Balaban J connectivity index is 1.90. The number of guanidine groups is 1. The summed E-state index contributed by atoms with van der Waals surface area (Å²) in [6.07, 6.45) is 2.83. The predicted molar refractivity (Wildman–Crippen MR) is 107 cm³/mol. The lowest BCUT2D eigenvalue weighted by Crippen LogP contribution is -2.37. The Kier molecular flexibility index (Phi) is 8.92. The van der Waals surface area contributed by atoms with E-state index in [2.05, 4.69) is 27.5 Å². The van der Waals surface area contributed by atoms with Crippen LogP contribution in [0.25, 0.3) is 0 Å². The summed E-state index contributed by atoms with van der Waals surface area (Å²) < 4.78 is 10.6. The van der Waals surface area contributed by atoms with Crippen LogP contribution in [0.4, 0.5) is 0 Å². The van der Waals surface area contributed by atoms with Crippen LogP contribution in [0, 0.1) is 6.92 Å². The van der Waals surface area contributed by atoms with Gasteiger partial charge in [-0.1, -0.05) is 12.1 Å². The van der Waals surface area contributed by atoms with Crippen molar-refractivity contribution in [1.29, 1.82) is 0 Å². The first-order valence-corrected chi connectivity index (χ1v) is 9.67. The highest BCUT2D eigenvalue weighted by molar-refractivity contribution is 7.11. The molecule has 0 unspecified atom stereocenters. The molecule has 6 nitrogen and oxygen atoms in total. The summed E-state index contributed by atoms with van der Waals surface area (Å²) in [5, 5.41) is 7.77. The molecule has 0 aliphatic carbocycles. The second-order valence-electron chi connectivity index (χ2n) is 5.71. The zero-order valence-electron chi connectivity index (χ0n) is 15.7. The van der Waals surface area contributed by atoms with Crippen molar-refractivity contribution in [2.75, 3.05) is 26.9 Å². The number of thiazole rings is 1. The molecule has 2 rings (SSSR count). The number of hydrogen-bond donors (Lipinski definition) is 2. The molecular weight excluding hydrogens is 348 g/mol. The highest BCUT2D eigenvalue weighted by Gasteiger charge is 2.03. The van der Waals surface area contributed by atoms with Crippen LogP contribution in [0.15, 0.2) is 35.5 Å². The summed E-state index contributed by atoms with van der Waals surface area (Å²) in [5.41, 5.74) is 1.13. The van der Waals surface area contributed by atoms with Gasteiger partial charge in [-0.3, -0.25) is 0 Å². The Hall–Kier alpha value is -2.12. The molecule has 0 saturated heterocycles. The number of nitrogens with zero attached hydrogens (tertiary/aromatic N) is 2. The van der Waals surface area contributed by atoms with Crippen molar-refractivity contribution in [3.05, 3.63) is 45.9 Å². The number of aliphatic imine (C=N–C) groups is 1. The van der Waals surface area contributed by atoms with Gasteiger partial charge in [-0.2, -0.15) is 0 Å². The number of nitrogens with one attached hydrogen (secondary N) is 2. The molecule has 2 aromatic rings. The molecule has 7 heteroatoms. The lowest BCUT2D eigenvalue weighted by atomic mass is 10.2. The van der Waals surface area contributed by atoms with Crippen LogP contribution >= 0.6 is 11.3 Å². The maximum atomic E-state index is 5.38. The van der Waals surface area contributed by atoms with E-state index in [1.165, 1.54) is 4.88 Å². The first-order chi connectivity index (χ1) is 12.7. The van der Waals surface area contributed by atoms with Crippen molar-refractivity contribution in [2.45, 2.75) is 33.4 Å². The fourth-order valence-electron chi connectivity index (χ4n) is 2.24. The van der Waals surface area contributed by atoms with Gasteiger partial charge in [-0.25, -0.2) is 9.98 Å². The number of ether oxygens (including phenoxy) is 2. The second kappa shape index (κ2) is 11.5. The summed E-state index contributed by atoms with van der Waals surface area (Å²) in [6.45, 7) is 7.64. The molecule has 0 aliphatic rings. The quantitative estimate of drug-likeness (QED) is 0.379. The lowest BCUT2D eigenvalue weighted by molar-refractivity contribution is 0.145. The van der Waals surface area contributed by atoms with E-state index < -0.39 is 0 Å². The van der Waals surface area contributed by atoms with E-state index in [4.69, 9.17) is 9.47 Å². The summed E-state index contributed by atoms with van der Waals surface area (Å²) in [6, 6.07) is 7.95. The molecule has 0 aliphatic heterocycles. The molecular formula is C19H28N4O2S. The normalized spacial score (nSPS) is 11.4. The third kappa shape index (κ3) is 7.41. The van der Waals surface area contributed by atoms with E-state index in [1.54, 1.807) is 18.4 Å². The molecule has 0 atom stereocenters. The van der Waals surface area contributed by atoms with Crippen LogP contribution in [0.1, 0.15) is 28.8 Å². The van der Waals surface area contributed by atoms with Crippen molar-refractivity contribution >= 4 is 17.3 Å². The largest absolute Gasteiger partial charge is 0.497 e. The molecule has 26 heavy (non-hydrogen) atoms. The maximum absolute atomic E-state index is 5.38. The SMILES string of the molecule is CCOCCCNC(=NCc1ccc(OC)cc1)NCc1ncc(C)s1. The summed E-state index contributed by atoms with van der Waals surface area (Å²) >= 11 is 1.69. The van der Waals surface area contributed by atoms with Crippen LogP contribution in [0.3, 0.4) is 0 Å². The Morgan fingerprint density at radius 3 is 2.69 bits per heavy atom. The van der Waals surface area contributed by atoms with Crippen molar-refractivity contribution in [2.24, 2.45) is 4.99 Å². The second-order valence-corrected chi connectivity index (χ2v) is 7.03. The van der Waals surface area contributed by atoms with Crippen molar-refractivity contribution < 1.29 is 9.47 Å². The van der Waals surface area contributed by atoms with Gasteiger partial charge in [0.05, 0.1) is 20.2 Å². The van der Waals surface area contributed by atoms with Gasteiger partial charge >= 0.3 is 0 Å². The van der Waals surface area contributed by atoms with Crippen molar-refractivity contribution in [3.8, 4) is 5.75 Å². The monoisotopic (exact) mass is 376 g/mol. The molecule has 0 bridgehead atoms. The fraction of sp³-hybridized carbons (Fsp3) is 0.474. The van der Waals surface area contributed by atoms with Crippen LogP contribution < -0.4 is 15.4 Å². The standard InChI is InChI=1S/C19H28N4O2S/c1-4-25-11-5-10-20-19(23-14-18-21-12-15(2)26-18)22-13-16-6-8-17(24-3)9-7-16/h6-9,12H,4-5,10-11,13-14H2,1-3H3,(H2,20,22,23). The van der Waals surface area contributed by atoms with Gasteiger partial charge in [0.25, 0.3) is 0 Å². The first kappa shape index (κ1) is 20.2. The third-order valence-corrected chi connectivity index (χ3v) is 4.53. The number of rotatable bonds is 10. The van der Waals surface area contributed by atoms with Gasteiger partial charge in [-0.05, 0) is 38.0 Å².